The highest BCUT2D eigenvalue weighted by atomic mass is 32.1. The SMILES string of the molecule is CCCNC(c1cc2ccc(F)cc2s1)C(CC)CC. The summed E-state index contributed by atoms with van der Waals surface area (Å²) in [6.45, 7) is 7.73. The summed E-state index contributed by atoms with van der Waals surface area (Å²) in [7, 11) is 0. The molecule has 0 aliphatic heterocycles. The average Bonchev–Trinajstić information content (AvgIpc) is 2.86. The van der Waals surface area contributed by atoms with Crippen LogP contribution in [0.1, 0.15) is 51.0 Å². The smallest absolute Gasteiger partial charge is 0.124 e. The Morgan fingerprint density at radius 2 is 1.90 bits per heavy atom. The van der Waals surface area contributed by atoms with Crippen molar-refractivity contribution < 1.29 is 4.39 Å². The highest BCUT2D eigenvalue weighted by molar-refractivity contribution is 7.19. The minimum absolute atomic E-state index is 0.147. The first-order valence-corrected chi connectivity index (χ1v) is 8.43. The van der Waals surface area contributed by atoms with Crippen molar-refractivity contribution in [2.24, 2.45) is 5.92 Å². The quantitative estimate of drug-likeness (QED) is 0.709. The van der Waals surface area contributed by atoms with Crippen molar-refractivity contribution in [1.29, 1.82) is 0 Å². The molecule has 110 valence electrons. The van der Waals surface area contributed by atoms with Crippen molar-refractivity contribution in [3.05, 3.63) is 35.0 Å². The summed E-state index contributed by atoms with van der Waals surface area (Å²) in [5.41, 5.74) is 0. The summed E-state index contributed by atoms with van der Waals surface area (Å²) in [6, 6.07) is 7.70. The third-order valence-electron chi connectivity index (χ3n) is 3.94. The van der Waals surface area contributed by atoms with Gasteiger partial charge in [-0.1, -0.05) is 39.7 Å². The minimum atomic E-state index is -0.147. The monoisotopic (exact) mass is 293 g/mol. The van der Waals surface area contributed by atoms with Gasteiger partial charge in [0.25, 0.3) is 0 Å². The van der Waals surface area contributed by atoms with Gasteiger partial charge in [0.05, 0.1) is 0 Å². The van der Waals surface area contributed by atoms with Crippen LogP contribution in [0.4, 0.5) is 4.39 Å². The average molecular weight is 293 g/mol. The molecule has 0 spiro atoms. The number of halogens is 1. The number of hydrogen-bond donors (Lipinski definition) is 1. The van der Waals surface area contributed by atoms with E-state index in [1.807, 2.05) is 6.07 Å². The lowest BCUT2D eigenvalue weighted by Crippen LogP contribution is -2.27. The molecule has 0 amide bonds. The summed E-state index contributed by atoms with van der Waals surface area (Å²) in [6.07, 6.45) is 3.47. The Bertz CT molecular complexity index is 545. The fourth-order valence-corrected chi connectivity index (χ4v) is 4.00. The fourth-order valence-electron chi connectivity index (χ4n) is 2.74. The van der Waals surface area contributed by atoms with Crippen molar-refractivity contribution in [2.75, 3.05) is 6.54 Å². The molecule has 1 aromatic carbocycles. The molecule has 1 heterocycles. The molecule has 0 saturated heterocycles. The molecule has 0 bridgehead atoms. The molecule has 1 unspecified atom stereocenters. The van der Waals surface area contributed by atoms with Crippen molar-refractivity contribution in [3.8, 4) is 0 Å². The molecule has 0 saturated carbocycles. The summed E-state index contributed by atoms with van der Waals surface area (Å²) in [5, 5.41) is 4.83. The lowest BCUT2D eigenvalue weighted by molar-refractivity contribution is 0.346. The van der Waals surface area contributed by atoms with Crippen LogP contribution in [0.3, 0.4) is 0 Å². The zero-order valence-corrected chi connectivity index (χ0v) is 13.4. The van der Waals surface area contributed by atoms with Gasteiger partial charge in [-0.3, -0.25) is 0 Å². The standard InChI is InChI=1S/C17H24FNS/c1-4-9-19-17(12(5-2)6-3)16-10-13-7-8-14(18)11-15(13)20-16/h7-8,10-12,17,19H,4-6,9H2,1-3H3. The Hall–Kier alpha value is -0.930. The van der Waals surface area contributed by atoms with E-state index in [4.69, 9.17) is 0 Å². The zero-order chi connectivity index (χ0) is 14.5. The van der Waals surface area contributed by atoms with Crippen LogP contribution < -0.4 is 5.32 Å². The number of thiophene rings is 1. The number of fused-ring (bicyclic) bond motifs is 1. The van der Waals surface area contributed by atoms with Crippen LogP contribution in [0.15, 0.2) is 24.3 Å². The molecule has 0 radical (unpaired) electrons. The van der Waals surface area contributed by atoms with Crippen LogP contribution in [-0.4, -0.2) is 6.54 Å². The van der Waals surface area contributed by atoms with E-state index >= 15 is 0 Å². The molecular formula is C17H24FNS. The van der Waals surface area contributed by atoms with Crippen LogP contribution in [0, 0.1) is 11.7 Å². The predicted molar refractivity (Wildman–Crippen MR) is 86.9 cm³/mol. The van der Waals surface area contributed by atoms with Gasteiger partial charge in [0, 0.05) is 15.6 Å². The summed E-state index contributed by atoms with van der Waals surface area (Å²) in [4.78, 5) is 1.34. The molecule has 1 nitrogen and oxygen atoms in total. The second kappa shape index (κ2) is 7.19. The lowest BCUT2D eigenvalue weighted by Gasteiger charge is -2.25. The van der Waals surface area contributed by atoms with Gasteiger partial charge < -0.3 is 5.32 Å². The Morgan fingerprint density at radius 1 is 1.15 bits per heavy atom. The van der Waals surface area contributed by atoms with Crippen molar-refractivity contribution in [1.82, 2.24) is 5.32 Å². The topological polar surface area (TPSA) is 12.0 Å². The van der Waals surface area contributed by atoms with Gasteiger partial charge >= 0.3 is 0 Å². The maximum absolute atomic E-state index is 13.3. The lowest BCUT2D eigenvalue weighted by atomic mass is 9.92. The minimum Gasteiger partial charge on any atom is -0.309 e. The molecule has 1 N–H and O–H groups in total. The van der Waals surface area contributed by atoms with E-state index in [1.54, 1.807) is 23.5 Å². The van der Waals surface area contributed by atoms with E-state index in [-0.39, 0.29) is 5.82 Å². The molecule has 0 aliphatic carbocycles. The first kappa shape index (κ1) is 15.5. The molecule has 0 fully saturated rings. The first-order valence-electron chi connectivity index (χ1n) is 7.61. The third kappa shape index (κ3) is 3.39. The van der Waals surface area contributed by atoms with E-state index in [0.717, 1.165) is 23.1 Å². The second-order valence-electron chi connectivity index (χ2n) is 5.34. The molecule has 2 rings (SSSR count). The fraction of sp³-hybridized carbons (Fsp3) is 0.529. The van der Waals surface area contributed by atoms with E-state index in [9.17, 15) is 4.39 Å². The number of benzene rings is 1. The van der Waals surface area contributed by atoms with E-state index in [2.05, 4.69) is 32.2 Å². The number of hydrogen-bond acceptors (Lipinski definition) is 2. The maximum atomic E-state index is 13.3. The van der Waals surface area contributed by atoms with Gasteiger partial charge in [-0.15, -0.1) is 11.3 Å². The molecule has 0 aliphatic rings. The number of nitrogens with one attached hydrogen (secondary N) is 1. The van der Waals surface area contributed by atoms with Gasteiger partial charge in [0.15, 0.2) is 0 Å². The number of rotatable bonds is 7. The summed E-state index contributed by atoms with van der Waals surface area (Å²) in [5.74, 6) is 0.492. The molecule has 1 aromatic heterocycles. The largest absolute Gasteiger partial charge is 0.309 e. The Balaban J connectivity index is 2.33. The Labute approximate surface area is 125 Å². The third-order valence-corrected chi connectivity index (χ3v) is 5.12. The van der Waals surface area contributed by atoms with Crippen LogP contribution in [0.2, 0.25) is 0 Å². The van der Waals surface area contributed by atoms with Crippen LogP contribution in [-0.2, 0) is 0 Å². The molecular weight excluding hydrogens is 269 g/mol. The van der Waals surface area contributed by atoms with Gasteiger partial charge in [-0.05, 0) is 42.5 Å². The molecule has 1 atom stereocenters. The zero-order valence-electron chi connectivity index (χ0n) is 12.6. The Morgan fingerprint density at radius 3 is 2.55 bits per heavy atom. The van der Waals surface area contributed by atoms with Crippen LogP contribution >= 0.6 is 11.3 Å². The van der Waals surface area contributed by atoms with Gasteiger partial charge in [0.1, 0.15) is 5.82 Å². The maximum Gasteiger partial charge on any atom is 0.124 e. The normalized spacial score (nSPS) is 13.2. The van der Waals surface area contributed by atoms with Crippen molar-refractivity contribution in [3.63, 3.8) is 0 Å². The van der Waals surface area contributed by atoms with E-state index < -0.39 is 0 Å². The summed E-state index contributed by atoms with van der Waals surface area (Å²) >= 11 is 1.73. The molecule has 2 aromatic rings. The van der Waals surface area contributed by atoms with Gasteiger partial charge in [-0.2, -0.15) is 0 Å². The van der Waals surface area contributed by atoms with Crippen molar-refractivity contribution in [2.45, 2.75) is 46.1 Å². The Kier molecular flexibility index (Phi) is 5.55. The highest BCUT2D eigenvalue weighted by Crippen LogP contribution is 2.35. The van der Waals surface area contributed by atoms with E-state index in [0.29, 0.717) is 12.0 Å². The van der Waals surface area contributed by atoms with Gasteiger partial charge in [-0.25, -0.2) is 4.39 Å². The van der Waals surface area contributed by atoms with Gasteiger partial charge in [0.2, 0.25) is 0 Å². The molecule has 20 heavy (non-hydrogen) atoms. The predicted octanol–water partition coefficient (Wildman–Crippen LogP) is 5.52. The summed E-state index contributed by atoms with van der Waals surface area (Å²) < 4.78 is 14.4. The van der Waals surface area contributed by atoms with Crippen LogP contribution in [0.25, 0.3) is 10.1 Å². The first-order chi connectivity index (χ1) is 9.69. The second-order valence-corrected chi connectivity index (χ2v) is 6.45. The van der Waals surface area contributed by atoms with E-state index in [1.165, 1.54) is 17.7 Å². The van der Waals surface area contributed by atoms with Crippen molar-refractivity contribution >= 4 is 21.4 Å². The molecule has 3 heteroatoms. The highest BCUT2D eigenvalue weighted by Gasteiger charge is 2.21. The van der Waals surface area contributed by atoms with Crippen LogP contribution in [0.5, 0.6) is 0 Å².